The summed E-state index contributed by atoms with van der Waals surface area (Å²) in [6.07, 6.45) is 1.57. The molecule has 1 amide bonds. The van der Waals surface area contributed by atoms with Crippen LogP contribution in [0.3, 0.4) is 0 Å². The molecule has 0 saturated heterocycles. The van der Waals surface area contributed by atoms with Gasteiger partial charge in [0.2, 0.25) is 5.91 Å². The fraction of sp³-hybridized carbons (Fsp3) is 0.111. The van der Waals surface area contributed by atoms with Crippen LogP contribution in [0.5, 0.6) is 0 Å². The fourth-order valence-corrected chi connectivity index (χ4v) is 3.27. The molecule has 1 aromatic heterocycles. The molecular weight excluding hydrogens is 370 g/mol. The average molecular weight is 384 g/mol. The van der Waals surface area contributed by atoms with Gasteiger partial charge in [-0.2, -0.15) is 5.26 Å². The molecule has 1 unspecified atom stereocenters. The summed E-state index contributed by atoms with van der Waals surface area (Å²) in [5, 5.41) is 20.7. The molecule has 2 aromatic carbocycles. The number of hydrogen-bond donors (Lipinski definition) is 1. The number of para-hydroxylation sites is 1. The number of rotatable bonds is 5. The predicted octanol–water partition coefficient (Wildman–Crippen LogP) is 3.91. The van der Waals surface area contributed by atoms with Crippen molar-refractivity contribution < 1.29 is 4.79 Å². The fourth-order valence-electron chi connectivity index (χ4n) is 2.24. The lowest BCUT2D eigenvalue weighted by Gasteiger charge is -2.13. The number of thioether (sulfide) groups is 1. The molecule has 0 saturated carbocycles. The minimum Gasteiger partial charge on any atom is -0.324 e. The summed E-state index contributed by atoms with van der Waals surface area (Å²) in [7, 11) is 0. The molecule has 1 N–H and O–H groups in total. The summed E-state index contributed by atoms with van der Waals surface area (Å²) in [4.78, 5) is 12.5. The molecular formula is C18H14ClN5OS. The van der Waals surface area contributed by atoms with E-state index >= 15 is 0 Å². The minimum atomic E-state index is -0.441. The lowest BCUT2D eigenvalue weighted by atomic mass is 10.2. The Bertz CT molecular complexity index is 981. The highest BCUT2D eigenvalue weighted by atomic mass is 35.5. The standard InChI is InChI=1S/C18H14ClN5OS/c1-12(17(25)22-16-8-3-2-5-13(16)10-20)26-18-23-21-11-24(18)15-7-4-6-14(19)9-15/h2-9,11-12H,1H3,(H,22,25). The maximum absolute atomic E-state index is 12.5. The van der Waals surface area contributed by atoms with Crippen molar-refractivity contribution in [3.63, 3.8) is 0 Å². The van der Waals surface area contributed by atoms with Gasteiger partial charge in [-0.15, -0.1) is 10.2 Å². The van der Waals surface area contributed by atoms with Gasteiger partial charge in [0.05, 0.1) is 22.2 Å². The van der Waals surface area contributed by atoms with Crippen molar-refractivity contribution in [1.29, 1.82) is 5.26 Å². The van der Waals surface area contributed by atoms with Crippen LogP contribution in [0.4, 0.5) is 5.69 Å². The van der Waals surface area contributed by atoms with Crippen molar-refractivity contribution in [3.8, 4) is 11.8 Å². The largest absolute Gasteiger partial charge is 0.324 e. The number of nitriles is 1. The van der Waals surface area contributed by atoms with Gasteiger partial charge in [-0.3, -0.25) is 9.36 Å². The Balaban J connectivity index is 1.75. The molecule has 0 aliphatic rings. The maximum atomic E-state index is 12.5. The van der Waals surface area contributed by atoms with Gasteiger partial charge in [0, 0.05) is 5.02 Å². The molecule has 0 bridgehead atoms. The number of halogens is 1. The normalized spacial score (nSPS) is 11.6. The van der Waals surface area contributed by atoms with Gasteiger partial charge in [0.25, 0.3) is 0 Å². The number of aromatic nitrogens is 3. The third-order valence-electron chi connectivity index (χ3n) is 3.56. The monoisotopic (exact) mass is 383 g/mol. The van der Waals surface area contributed by atoms with Crippen molar-refractivity contribution >= 4 is 35.0 Å². The van der Waals surface area contributed by atoms with Crippen LogP contribution in [-0.2, 0) is 4.79 Å². The summed E-state index contributed by atoms with van der Waals surface area (Å²) in [6.45, 7) is 1.77. The Morgan fingerprint density at radius 3 is 2.88 bits per heavy atom. The highest BCUT2D eigenvalue weighted by Crippen LogP contribution is 2.26. The second-order valence-corrected chi connectivity index (χ2v) is 7.11. The van der Waals surface area contributed by atoms with Crippen LogP contribution in [0.15, 0.2) is 60.0 Å². The molecule has 0 fully saturated rings. The number of nitrogens with one attached hydrogen (secondary N) is 1. The molecule has 6 nitrogen and oxygen atoms in total. The Kier molecular flexibility index (Phi) is 5.56. The number of hydrogen-bond acceptors (Lipinski definition) is 5. The second-order valence-electron chi connectivity index (χ2n) is 5.37. The first kappa shape index (κ1) is 18.0. The molecule has 8 heteroatoms. The summed E-state index contributed by atoms with van der Waals surface area (Å²) < 4.78 is 1.77. The Hall–Kier alpha value is -2.82. The highest BCUT2D eigenvalue weighted by Gasteiger charge is 2.19. The molecule has 1 heterocycles. The first-order valence-corrected chi connectivity index (χ1v) is 8.97. The zero-order valence-electron chi connectivity index (χ0n) is 13.8. The van der Waals surface area contributed by atoms with E-state index in [0.29, 0.717) is 21.4 Å². The first-order valence-electron chi connectivity index (χ1n) is 7.71. The van der Waals surface area contributed by atoms with E-state index in [0.717, 1.165) is 5.69 Å². The van der Waals surface area contributed by atoms with Gasteiger partial charge in [0.1, 0.15) is 12.4 Å². The number of benzene rings is 2. The SMILES string of the molecule is CC(Sc1nncn1-c1cccc(Cl)c1)C(=O)Nc1ccccc1C#N. The summed E-state index contributed by atoms with van der Waals surface area (Å²) in [5.74, 6) is -0.224. The minimum absolute atomic E-state index is 0.224. The molecule has 26 heavy (non-hydrogen) atoms. The third kappa shape index (κ3) is 4.04. The van der Waals surface area contributed by atoms with E-state index < -0.39 is 5.25 Å². The highest BCUT2D eigenvalue weighted by molar-refractivity contribution is 8.00. The van der Waals surface area contributed by atoms with E-state index in [1.807, 2.05) is 12.1 Å². The van der Waals surface area contributed by atoms with Crippen molar-refractivity contribution in [1.82, 2.24) is 14.8 Å². The van der Waals surface area contributed by atoms with Crippen molar-refractivity contribution in [2.75, 3.05) is 5.32 Å². The summed E-state index contributed by atoms with van der Waals surface area (Å²) >= 11 is 7.31. The molecule has 0 radical (unpaired) electrons. The summed E-state index contributed by atoms with van der Waals surface area (Å²) in [6, 6.07) is 16.2. The van der Waals surface area contributed by atoms with Crippen molar-refractivity contribution in [3.05, 3.63) is 65.4 Å². The van der Waals surface area contributed by atoms with Crippen LogP contribution in [-0.4, -0.2) is 25.9 Å². The van der Waals surface area contributed by atoms with Gasteiger partial charge in [-0.1, -0.05) is 41.6 Å². The smallest absolute Gasteiger partial charge is 0.237 e. The topological polar surface area (TPSA) is 83.6 Å². The molecule has 1 atom stereocenters. The van der Waals surface area contributed by atoms with Gasteiger partial charge in [0.15, 0.2) is 5.16 Å². The number of anilines is 1. The molecule has 3 aromatic rings. The van der Waals surface area contributed by atoms with Crippen molar-refractivity contribution in [2.45, 2.75) is 17.3 Å². The Morgan fingerprint density at radius 2 is 2.12 bits per heavy atom. The van der Waals surface area contributed by atoms with Gasteiger partial charge in [-0.05, 0) is 37.3 Å². The number of carbonyl (C=O) groups is 1. The van der Waals surface area contributed by atoms with E-state index in [1.165, 1.54) is 11.8 Å². The zero-order chi connectivity index (χ0) is 18.5. The Labute approximate surface area is 159 Å². The number of nitrogens with zero attached hydrogens (tertiary/aromatic N) is 4. The van der Waals surface area contributed by atoms with Crippen LogP contribution in [0.1, 0.15) is 12.5 Å². The molecule has 130 valence electrons. The van der Waals surface area contributed by atoms with Crippen LogP contribution >= 0.6 is 23.4 Å². The molecule has 0 aliphatic heterocycles. The van der Waals surface area contributed by atoms with Crippen molar-refractivity contribution in [2.24, 2.45) is 0 Å². The lowest BCUT2D eigenvalue weighted by molar-refractivity contribution is -0.115. The van der Waals surface area contributed by atoms with Crippen LogP contribution < -0.4 is 5.32 Å². The molecule has 0 spiro atoms. The van der Waals surface area contributed by atoms with Crippen LogP contribution in [0.2, 0.25) is 5.02 Å². The predicted molar refractivity (Wildman–Crippen MR) is 101 cm³/mol. The molecule has 3 rings (SSSR count). The van der Waals surface area contributed by atoms with Crippen LogP contribution in [0.25, 0.3) is 5.69 Å². The first-order chi connectivity index (χ1) is 12.6. The molecule has 0 aliphatic carbocycles. The number of amides is 1. The van der Waals surface area contributed by atoms with E-state index in [4.69, 9.17) is 16.9 Å². The summed E-state index contributed by atoms with van der Waals surface area (Å²) in [5.41, 5.74) is 1.72. The second kappa shape index (κ2) is 8.04. The van der Waals surface area contributed by atoms with E-state index in [2.05, 4.69) is 21.6 Å². The van der Waals surface area contributed by atoms with Gasteiger partial charge >= 0.3 is 0 Å². The Morgan fingerprint density at radius 1 is 1.31 bits per heavy atom. The number of carbonyl (C=O) groups excluding carboxylic acids is 1. The van der Waals surface area contributed by atoms with E-state index in [9.17, 15) is 4.79 Å². The van der Waals surface area contributed by atoms with Crippen LogP contribution in [0, 0.1) is 11.3 Å². The maximum Gasteiger partial charge on any atom is 0.237 e. The quantitative estimate of drug-likeness (QED) is 0.675. The third-order valence-corrected chi connectivity index (χ3v) is 4.85. The van der Waals surface area contributed by atoms with Gasteiger partial charge in [-0.25, -0.2) is 0 Å². The van der Waals surface area contributed by atoms with E-state index in [1.54, 1.807) is 54.2 Å². The lowest BCUT2D eigenvalue weighted by Crippen LogP contribution is -2.23. The van der Waals surface area contributed by atoms with Gasteiger partial charge < -0.3 is 5.32 Å². The van der Waals surface area contributed by atoms with E-state index in [-0.39, 0.29) is 5.91 Å². The average Bonchev–Trinajstić information content (AvgIpc) is 3.10. The zero-order valence-corrected chi connectivity index (χ0v) is 15.3.